The number of likely N-dealkylation sites (tertiary alicyclic amines) is 1. The monoisotopic (exact) mass is 933 g/mol. The zero-order valence-electron chi connectivity index (χ0n) is 43.1. The third kappa shape index (κ3) is 15.2. The Morgan fingerprint density at radius 2 is 1.48 bits per heavy atom. The summed E-state index contributed by atoms with van der Waals surface area (Å²) in [4.78, 5) is 116. The van der Waals surface area contributed by atoms with Crippen LogP contribution >= 0.6 is 0 Å². The molecule has 370 valence electrons. The summed E-state index contributed by atoms with van der Waals surface area (Å²) < 4.78 is 7.06. The molecule has 0 saturated carbocycles. The first-order valence-electron chi connectivity index (χ1n) is 23.0. The number of rotatable bonds is 22. The van der Waals surface area contributed by atoms with Gasteiger partial charge in [-0.05, 0) is 62.1 Å². The van der Waals surface area contributed by atoms with E-state index in [1.807, 2.05) is 46.8 Å². The first kappa shape index (κ1) is 58.4. The van der Waals surface area contributed by atoms with Crippen LogP contribution in [-0.4, -0.2) is 158 Å². The molecule has 0 aromatic rings. The summed E-state index contributed by atoms with van der Waals surface area (Å²) in [5.74, 6) is -4.73. The van der Waals surface area contributed by atoms with E-state index in [1.54, 1.807) is 39.6 Å². The third-order valence-electron chi connectivity index (χ3n) is 12.6. The van der Waals surface area contributed by atoms with Gasteiger partial charge in [0.25, 0.3) is 5.91 Å². The molecule has 1 rings (SSSR count). The fourth-order valence-corrected chi connectivity index (χ4v) is 8.85. The number of allylic oxidation sites excluding steroid dienone is 1. The van der Waals surface area contributed by atoms with Crippen LogP contribution in [0, 0.1) is 23.7 Å². The lowest BCUT2D eigenvalue weighted by molar-refractivity contribution is -0.148. The Kier molecular flexibility index (Phi) is 22.3. The Bertz CT molecular complexity index is 1760. The van der Waals surface area contributed by atoms with Crippen molar-refractivity contribution in [2.75, 3.05) is 41.8 Å². The van der Waals surface area contributed by atoms with Gasteiger partial charge in [-0.1, -0.05) is 94.9 Å². The summed E-state index contributed by atoms with van der Waals surface area (Å²) in [5, 5.41) is 7.11. The standard InChI is InChI=1S/C47H84N8O9Si/c1-21-23-24-34-39(64-65(19,20)47(11,12)13)38(54(18)36(56)26-29(5)6)45(62)55(34)33(22-2)43(60)52(16)32(10)42(59)53(17)35(25-28(3)4)41(58)49-37(30(7)8)44(61)51(15)27-31(9)40(57)50-46(63)48-14/h21,23,28-31,33-35,37-39H,10,22,24-27H2,1-9,11-20H3,(H,49,58)(H2,48,50,57,63)/b23-21+/t31?,33?,34-,35+,37+,38+,39-/m1/s1. The fraction of sp³-hybridized carbons (Fsp3) is 0.745. The van der Waals surface area contributed by atoms with E-state index in [0.29, 0.717) is 6.42 Å². The molecule has 7 atom stereocenters. The van der Waals surface area contributed by atoms with Crippen molar-refractivity contribution in [3.63, 3.8) is 0 Å². The number of hydrogen-bond acceptors (Lipinski definition) is 9. The Labute approximate surface area is 391 Å². The second-order valence-electron chi connectivity index (χ2n) is 20.3. The number of carbonyl (C=O) groups is 8. The molecule has 9 amide bonds. The minimum atomic E-state index is -2.56. The summed E-state index contributed by atoms with van der Waals surface area (Å²) in [6, 6.07) is -5.48. The fourth-order valence-electron chi connectivity index (χ4n) is 7.53. The molecular formula is C47H84N8O9Si. The topological polar surface area (TPSA) is 198 Å². The van der Waals surface area contributed by atoms with Crippen LogP contribution in [0.1, 0.15) is 109 Å². The van der Waals surface area contributed by atoms with Gasteiger partial charge in [0.05, 0.1) is 18.1 Å². The van der Waals surface area contributed by atoms with Crippen LogP contribution in [0.4, 0.5) is 4.79 Å². The zero-order chi connectivity index (χ0) is 50.6. The molecule has 0 bridgehead atoms. The van der Waals surface area contributed by atoms with Crippen molar-refractivity contribution in [1.29, 1.82) is 0 Å². The molecule has 0 spiro atoms. The lowest BCUT2D eigenvalue weighted by Gasteiger charge is -2.42. The molecular weight excluding hydrogens is 849 g/mol. The number of nitrogens with one attached hydrogen (secondary N) is 3. The lowest BCUT2D eigenvalue weighted by Crippen LogP contribution is -2.57. The number of carbonyl (C=O) groups excluding carboxylic acids is 8. The first-order valence-corrected chi connectivity index (χ1v) is 25.9. The number of imide groups is 1. The molecule has 1 heterocycles. The summed E-state index contributed by atoms with van der Waals surface area (Å²) in [6.07, 6.45) is 4.01. The zero-order valence-corrected chi connectivity index (χ0v) is 44.1. The van der Waals surface area contributed by atoms with E-state index in [9.17, 15) is 38.4 Å². The average Bonchev–Trinajstić information content (AvgIpc) is 3.46. The molecule has 1 aliphatic heterocycles. The Balaban J connectivity index is 3.61. The van der Waals surface area contributed by atoms with Crippen molar-refractivity contribution in [1.82, 2.24) is 40.4 Å². The SMILES string of the molecule is C=C(C(=O)N(C)[C@@H](CC(C)C)C(=O)N[C@H](C(=O)N(C)CC(C)C(=O)NC(=O)NC)C(C)C)N(C)C(=O)C(CC)N1C(=O)[C@@H](N(C)C(=O)CC(C)C)[C@H](O[Si](C)(C)C(C)(C)C)[C@H]1C/C=C/C. The van der Waals surface area contributed by atoms with E-state index in [4.69, 9.17) is 4.43 Å². The van der Waals surface area contributed by atoms with Crippen LogP contribution in [0.3, 0.4) is 0 Å². The van der Waals surface area contributed by atoms with Crippen LogP contribution in [0.15, 0.2) is 24.4 Å². The van der Waals surface area contributed by atoms with Crippen LogP contribution in [0.2, 0.25) is 18.1 Å². The van der Waals surface area contributed by atoms with Gasteiger partial charge >= 0.3 is 6.03 Å². The van der Waals surface area contributed by atoms with Crippen molar-refractivity contribution < 1.29 is 42.8 Å². The Morgan fingerprint density at radius 1 is 0.908 bits per heavy atom. The van der Waals surface area contributed by atoms with Crippen LogP contribution in [0.25, 0.3) is 0 Å². The maximum Gasteiger partial charge on any atom is 0.321 e. The average molecular weight is 933 g/mol. The van der Waals surface area contributed by atoms with Crippen LogP contribution in [0.5, 0.6) is 0 Å². The van der Waals surface area contributed by atoms with E-state index in [1.165, 1.54) is 42.9 Å². The van der Waals surface area contributed by atoms with Crippen molar-refractivity contribution in [2.45, 2.75) is 163 Å². The molecule has 0 aliphatic carbocycles. The minimum absolute atomic E-state index is 0.0372. The quantitative estimate of drug-likeness (QED) is 0.0780. The van der Waals surface area contributed by atoms with Gasteiger partial charge in [0.1, 0.15) is 29.9 Å². The van der Waals surface area contributed by atoms with Crippen molar-refractivity contribution in [2.24, 2.45) is 23.7 Å². The Hall–Kier alpha value is -4.58. The molecule has 18 heteroatoms. The maximum atomic E-state index is 14.9. The lowest BCUT2D eigenvalue weighted by atomic mass is 9.98. The highest BCUT2D eigenvalue weighted by atomic mass is 28.4. The van der Waals surface area contributed by atoms with E-state index in [2.05, 4.69) is 56.4 Å². The Morgan fingerprint density at radius 3 is 1.94 bits per heavy atom. The van der Waals surface area contributed by atoms with Gasteiger partial charge < -0.3 is 39.6 Å². The highest BCUT2D eigenvalue weighted by Crippen LogP contribution is 2.42. The van der Waals surface area contributed by atoms with Crippen molar-refractivity contribution in [3.05, 3.63) is 24.4 Å². The van der Waals surface area contributed by atoms with Crippen molar-refractivity contribution >= 4 is 55.7 Å². The molecule has 0 aromatic heterocycles. The van der Waals surface area contributed by atoms with Gasteiger partial charge in [0.2, 0.25) is 35.4 Å². The number of urea groups is 1. The van der Waals surface area contributed by atoms with Gasteiger partial charge in [-0.25, -0.2) is 4.79 Å². The molecule has 2 unspecified atom stereocenters. The van der Waals surface area contributed by atoms with Gasteiger partial charge in [0.15, 0.2) is 8.32 Å². The van der Waals surface area contributed by atoms with Gasteiger partial charge in [-0.2, -0.15) is 0 Å². The molecule has 3 N–H and O–H groups in total. The van der Waals surface area contributed by atoms with Gasteiger partial charge in [-0.15, -0.1) is 0 Å². The summed E-state index contributed by atoms with van der Waals surface area (Å²) >= 11 is 0. The normalized spacial score (nSPS) is 18.6. The predicted octanol–water partition coefficient (Wildman–Crippen LogP) is 4.74. The highest BCUT2D eigenvalue weighted by molar-refractivity contribution is 6.74. The first-order chi connectivity index (χ1) is 29.8. The third-order valence-corrected chi connectivity index (χ3v) is 17.1. The molecule has 1 saturated heterocycles. The van der Waals surface area contributed by atoms with Crippen LogP contribution < -0.4 is 16.0 Å². The van der Waals surface area contributed by atoms with Crippen molar-refractivity contribution in [3.8, 4) is 0 Å². The minimum Gasteiger partial charge on any atom is -0.409 e. The second-order valence-corrected chi connectivity index (χ2v) is 25.0. The second kappa shape index (κ2) is 24.8. The highest BCUT2D eigenvalue weighted by Gasteiger charge is 2.57. The molecule has 0 radical (unpaired) electrons. The van der Waals surface area contributed by atoms with E-state index >= 15 is 0 Å². The summed E-state index contributed by atoms with van der Waals surface area (Å²) in [6.45, 7) is 30.9. The van der Waals surface area contributed by atoms with Gasteiger partial charge in [-0.3, -0.25) is 38.9 Å². The largest absolute Gasteiger partial charge is 0.409 e. The molecule has 1 aliphatic rings. The number of likely N-dealkylation sites (N-methyl/N-ethyl adjacent to an activating group) is 4. The summed E-state index contributed by atoms with van der Waals surface area (Å²) in [5.41, 5.74) is -0.232. The van der Waals surface area contributed by atoms with Gasteiger partial charge in [0, 0.05) is 48.2 Å². The van der Waals surface area contributed by atoms with E-state index in [0.717, 1.165) is 4.90 Å². The summed E-state index contributed by atoms with van der Waals surface area (Å²) in [7, 11) is 4.79. The van der Waals surface area contributed by atoms with E-state index < -0.39 is 92.0 Å². The smallest absolute Gasteiger partial charge is 0.321 e. The maximum absolute atomic E-state index is 14.9. The molecule has 65 heavy (non-hydrogen) atoms. The molecule has 0 aromatic carbocycles. The number of amides is 9. The number of nitrogens with zero attached hydrogens (tertiary/aromatic N) is 5. The van der Waals surface area contributed by atoms with E-state index in [-0.39, 0.29) is 60.2 Å². The molecule has 1 fully saturated rings. The molecule has 17 nitrogen and oxygen atoms in total. The van der Waals surface area contributed by atoms with Crippen LogP contribution in [-0.2, 0) is 38.0 Å². The number of hydrogen-bond donors (Lipinski definition) is 3. The predicted molar refractivity (Wildman–Crippen MR) is 256 cm³/mol.